The van der Waals surface area contributed by atoms with E-state index in [0.29, 0.717) is 28.8 Å². The van der Waals surface area contributed by atoms with Gasteiger partial charge in [-0.1, -0.05) is 37.3 Å². The first kappa shape index (κ1) is 22.0. The fraction of sp³-hybridized carbons (Fsp3) is 0.250. The number of hydrogen-bond acceptors (Lipinski definition) is 4. The van der Waals surface area contributed by atoms with Gasteiger partial charge in [0.05, 0.1) is 23.2 Å². The molecule has 0 unspecified atom stereocenters. The average Bonchev–Trinajstić information content (AvgIpc) is 3.07. The van der Waals surface area contributed by atoms with Crippen molar-refractivity contribution in [3.63, 3.8) is 0 Å². The molecule has 2 aromatic carbocycles. The summed E-state index contributed by atoms with van der Waals surface area (Å²) >= 11 is 0. The Bertz CT molecular complexity index is 1450. The molecule has 4 aromatic rings. The molecule has 6 nitrogen and oxygen atoms in total. The van der Waals surface area contributed by atoms with E-state index >= 15 is 0 Å². The molecule has 2 heterocycles. The van der Waals surface area contributed by atoms with Crippen molar-refractivity contribution >= 4 is 20.7 Å². The number of sulfone groups is 1. The highest BCUT2D eigenvalue weighted by Crippen LogP contribution is 2.31. The molecule has 0 bridgehead atoms. The maximum absolute atomic E-state index is 15.0. The predicted molar refractivity (Wildman–Crippen MR) is 124 cm³/mol. The molecular formula is C24H24FN3O3S. The van der Waals surface area contributed by atoms with Crippen LogP contribution in [-0.4, -0.2) is 28.5 Å². The summed E-state index contributed by atoms with van der Waals surface area (Å²) in [7, 11) is -1.75. The van der Waals surface area contributed by atoms with Gasteiger partial charge in [0.2, 0.25) is 5.95 Å². The number of fused-ring (bicyclic) bond motifs is 1. The van der Waals surface area contributed by atoms with Crippen LogP contribution in [0.1, 0.15) is 23.6 Å². The molecule has 2 aromatic heterocycles. The Morgan fingerprint density at radius 2 is 1.78 bits per heavy atom. The molecule has 0 saturated carbocycles. The second-order valence-corrected chi connectivity index (χ2v) is 10.3. The predicted octanol–water partition coefficient (Wildman–Crippen LogP) is 3.83. The van der Waals surface area contributed by atoms with Crippen LogP contribution in [0, 0.1) is 12.9 Å². The third kappa shape index (κ3) is 4.23. The van der Waals surface area contributed by atoms with Gasteiger partial charge in [-0.15, -0.1) is 5.10 Å². The van der Waals surface area contributed by atoms with Crippen molar-refractivity contribution < 1.29 is 12.8 Å². The number of rotatable bonds is 6. The largest absolute Gasteiger partial charge is 0.318 e. The average molecular weight is 454 g/mol. The van der Waals surface area contributed by atoms with Gasteiger partial charge in [0.15, 0.2) is 9.84 Å². The summed E-state index contributed by atoms with van der Waals surface area (Å²) in [5, 5.41) is 4.30. The maximum Gasteiger partial charge on any atom is 0.253 e. The SMILES string of the molecule is CCS(=O)(=O)Cc1cc(-c2cc(C)c(=O)n(C)c2)cc2c1c(F)nn2Cc1ccccc1. The summed E-state index contributed by atoms with van der Waals surface area (Å²) in [6.45, 7) is 3.64. The van der Waals surface area contributed by atoms with Crippen LogP contribution in [0.4, 0.5) is 4.39 Å². The molecule has 0 aliphatic carbocycles. The van der Waals surface area contributed by atoms with E-state index in [0.717, 1.165) is 11.1 Å². The van der Waals surface area contributed by atoms with Crippen molar-refractivity contribution in [2.75, 3.05) is 5.75 Å². The normalized spacial score (nSPS) is 11.9. The Balaban J connectivity index is 1.97. The monoisotopic (exact) mass is 453 g/mol. The highest BCUT2D eigenvalue weighted by atomic mass is 32.2. The lowest BCUT2D eigenvalue weighted by atomic mass is 10.0. The van der Waals surface area contributed by atoms with Gasteiger partial charge in [0, 0.05) is 24.6 Å². The minimum absolute atomic E-state index is 0.0442. The van der Waals surface area contributed by atoms with Gasteiger partial charge >= 0.3 is 0 Å². The number of pyridine rings is 1. The molecule has 0 aliphatic heterocycles. The fourth-order valence-electron chi connectivity index (χ4n) is 3.87. The van der Waals surface area contributed by atoms with Crippen LogP contribution >= 0.6 is 0 Å². The smallest absolute Gasteiger partial charge is 0.253 e. The van der Waals surface area contributed by atoms with Crippen LogP contribution in [0.25, 0.3) is 22.0 Å². The van der Waals surface area contributed by atoms with E-state index in [1.807, 2.05) is 30.3 Å². The van der Waals surface area contributed by atoms with E-state index in [1.54, 1.807) is 50.0 Å². The van der Waals surface area contributed by atoms with Gasteiger partial charge in [0.1, 0.15) is 0 Å². The van der Waals surface area contributed by atoms with E-state index < -0.39 is 15.8 Å². The Labute approximate surface area is 185 Å². The van der Waals surface area contributed by atoms with Gasteiger partial charge in [-0.05, 0) is 47.4 Å². The van der Waals surface area contributed by atoms with Crippen LogP contribution in [0.3, 0.4) is 0 Å². The van der Waals surface area contributed by atoms with Crippen molar-refractivity contribution in [1.29, 1.82) is 0 Å². The summed E-state index contributed by atoms with van der Waals surface area (Å²) in [5.74, 6) is -1.02. The van der Waals surface area contributed by atoms with E-state index in [4.69, 9.17) is 0 Å². The molecule has 0 saturated heterocycles. The summed E-state index contributed by atoms with van der Waals surface area (Å²) in [5.41, 5.74) is 3.73. The van der Waals surface area contributed by atoms with Crippen molar-refractivity contribution in [2.45, 2.75) is 26.1 Å². The molecule has 4 rings (SSSR count). The van der Waals surface area contributed by atoms with Crippen LogP contribution in [-0.2, 0) is 29.2 Å². The van der Waals surface area contributed by atoms with Crippen LogP contribution in [0.2, 0.25) is 0 Å². The zero-order valence-corrected chi connectivity index (χ0v) is 19.0. The maximum atomic E-state index is 15.0. The Kier molecular flexibility index (Phi) is 5.73. The van der Waals surface area contributed by atoms with Crippen LogP contribution in [0.15, 0.2) is 59.5 Å². The molecule has 8 heteroatoms. The Morgan fingerprint density at radius 3 is 2.44 bits per heavy atom. The molecule has 0 amide bonds. The molecule has 0 atom stereocenters. The molecule has 166 valence electrons. The lowest BCUT2D eigenvalue weighted by molar-refractivity contribution is 0.549. The fourth-order valence-corrected chi connectivity index (χ4v) is 4.77. The first-order valence-corrected chi connectivity index (χ1v) is 12.1. The molecule has 0 N–H and O–H groups in total. The summed E-state index contributed by atoms with van der Waals surface area (Å²) in [6, 6.07) is 14.8. The topological polar surface area (TPSA) is 74.0 Å². The highest BCUT2D eigenvalue weighted by Gasteiger charge is 2.21. The van der Waals surface area contributed by atoms with Crippen LogP contribution < -0.4 is 5.56 Å². The number of aromatic nitrogens is 3. The summed E-state index contributed by atoms with van der Waals surface area (Å²) in [4.78, 5) is 12.1. The Hall–Kier alpha value is -3.26. The van der Waals surface area contributed by atoms with Crippen molar-refractivity contribution in [3.8, 4) is 11.1 Å². The minimum atomic E-state index is -3.41. The van der Waals surface area contributed by atoms with Crippen molar-refractivity contribution in [3.05, 3.63) is 87.7 Å². The zero-order chi connectivity index (χ0) is 23.0. The third-order valence-electron chi connectivity index (χ3n) is 5.58. The summed E-state index contributed by atoms with van der Waals surface area (Å²) in [6.07, 6.45) is 1.70. The van der Waals surface area contributed by atoms with Gasteiger partial charge in [-0.25, -0.2) is 8.42 Å². The molecule has 0 fully saturated rings. The number of aryl methyl sites for hydroxylation is 2. The molecular weight excluding hydrogens is 429 g/mol. The molecule has 0 spiro atoms. The summed E-state index contributed by atoms with van der Waals surface area (Å²) < 4.78 is 42.9. The van der Waals surface area contributed by atoms with E-state index in [2.05, 4.69) is 5.10 Å². The lowest BCUT2D eigenvalue weighted by Crippen LogP contribution is -2.18. The Morgan fingerprint density at radius 1 is 1.06 bits per heavy atom. The first-order chi connectivity index (χ1) is 15.2. The molecule has 0 aliphatic rings. The van der Waals surface area contributed by atoms with Gasteiger partial charge < -0.3 is 4.57 Å². The molecule has 32 heavy (non-hydrogen) atoms. The van der Waals surface area contributed by atoms with E-state index in [1.165, 1.54) is 4.57 Å². The van der Waals surface area contributed by atoms with Crippen molar-refractivity contribution in [2.24, 2.45) is 7.05 Å². The van der Waals surface area contributed by atoms with Gasteiger partial charge in [-0.3, -0.25) is 9.48 Å². The number of nitrogens with zero attached hydrogens (tertiary/aromatic N) is 3. The van der Waals surface area contributed by atoms with E-state index in [9.17, 15) is 17.6 Å². The van der Waals surface area contributed by atoms with Gasteiger partial charge in [0.25, 0.3) is 5.56 Å². The quantitative estimate of drug-likeness (QED) is 0.445. The highest BCUT2D eigenvalue weighted by molar-refractivity contribution is 7.90. The zero-order valence-electron chi connectivity index (χ0n) is 18.2. The van der Waals surface area contributed by atoms with Gasteiger partial charge in [-0.2, -0.15) is 4.39 Å². The number of halogens is 1. The number of benzene rings is 2. The number of hydrogen-bond donors (Lipinski definition) is 0. The lowest BCUT2D eigenvalue weighted by Gasteiger charge is -2.12. The second-order valence-electron chi connectivity index (χ2n) is 7.97. The minimum Gasteiger partial charge on any atom is -0.318 e. The first-order valence-electron chi connectivity index (χ1n) is 10.3. The standard InChI is InChI=1S/C24H24FN3O3S/c1-4-32(30,31)15-20-11-18(19-10-16(2)24(29)27(3)14-19)12-21-22(20)23(25)26-28(21)13-17-8-6-5-7-9-17/h5-12,14H,4,13,15H2,1-3H3. The van der Waals surface area contributed by atoms with E-state index in [-0.39, 0.29) is 22.5 Å². The molecule has 0 radical (unpaired) electrons. The van der Waals surface area contributed by atoms with Crippen LogP contribution in [0.5, 0.6) is 0 Å². The second kappa shape index (κ2) is 8.35. The van der Waals surface area contributed by atoms with Crippen molar-refractivity contribution in [1.82, 2.24) is 14.3 Å². The third-order valence-corrected chi connectivity index (χ3v) is 7.21.